The Balaban J connectivity index is 1.73. The highest BCUT2D eigenvalue weighted by Crippen LogP contribution is 2.35. The van der Waals surface area contributed by atoms with E-state index in [1.165, 1.54) is 4.90 Å². The summed E-state index contributed by atoms with van der Waals surface area (Å²) in [4.78, 5) is 14.4. The van der Waals surface area contributed by atoms with Crippen molar-refractivity contribution < 1.29 is 22.5 Å². The summed E-state index contributed by atoms with van der Waals surface area (Å²) in [5.74, 6) is -0.292. The Morgan fingerprint density at radius 2 is 1.85 bits per heavy atom. The quantitative estimate of drug-likeness (QED) is 0.298. The third-order valence-electron chi connectivity index (χ3n) is 4.86. The molecular formula is C22H19N3O5S3. The fraction of sp³-hybridized carbons (Fsp3) is 0.136. The van der Waals surface area contributed by atoms with Crippen LogP contribution in [0.15, 0.2) is 65.7 Å². The molecule has 0 spiro atoms. The van der Waals surface area contributed by atoms with Crippen LogP contribution >= 0.6 is 24.0 Å². The molecule has 8 nitrogen and oxygen atoms in total. The third-order valence-corrected chi connectivity index (χ3v) is 6.94. The Hall–Kier alpha value is -2.99. The lowest BCUT2D eigenvalue weighted by Gasteiger charge is -2.12. The van der Waals surface area contributed by atoms with Gasteiger partial charge < -0.3 is 4.74 Å². The van der Waals surface area contributed by atoms with Gasteiger partial charge in [0.25, 0.3) is 16.0 Å². The van der Waals surface area contributed by atoms with Crippen molar-refractivity contribution in [3.8, 4) is 22.7 Å². The molecule has 1 aliphatic heterocycles. The third kappa shape index (κ3) is 5.33. The van der Waals surface area contributed by atoms with Crippen molar-refractivity contribution in [3.63, 3.8) is 0 Å². The summed E-state index contributed by atoms with van der Waals surface area (Å²) in [6, 6.07) is 17.0. The highest BCUT2D eigenvalue weighted by Gasteiger charge is 2.33. The van der Waals surface area contributed by atoms with E-state index in [-0.39, 0.29) is 10.9 Å². The van der Waals surface area contributed by atoms with Gasteiger partial charge in [0, 0.05) is 23.9 Å². The van der Waals surface area contributed by atoms with Gasteiger partial charge in [0.1, 0.15) is 10.1 Å². The first-order chi connectivity index (χ1) is 15.7. The number of carbonyl (C=O) groups is 1. The molecule has 0 bridgehead atoms. The Labute approximate surface area is 200 Å². The number of para-hydroxylation sites is 1. The number of thiocarbonyl (C=S) groups is 1. The normalized spacial score (nSPS) is 15.5. The highest BCUT2D eigenvalue weighted by atomic mass is 32.2. The molecule has 33 heavy (non-hydrogen) atoms. The van der Waals surface area contributed by atoms with Gasteiger partial charge in [-0.15, -0.1) is 0 Å². The second-order valence-corrected chi connectivity index (χ2v) is 10.3. The van der Waals surface area contributed by atoms with Crippen molar-refractivity contribution in [2.45, 2.75) is 0 Å². The molecule has 170 valence electrons. The van der Waals surface area contributed by atoms with Crippen LogP contribution in [-0.2, 0) is 14.9 Å². The van der Waals surface area contributed by atoms with Crippen LogP contribution in [0.25, 0.3) is 23.0 Å². The van der Waals surface area contributed by atoms with E-state index in [0.29, 0.717) is 21.9 Å². The lowest BCUT2D eigenvalue weighted by atomic mass is 10.1. The Bertz CT molecular complexity index is 1330. The van der Waals surface area contributed by atoms with E-state index < -0.39 is 21.8 Å². The first-order valence-corrected chi connectivity index (χ1v) is 12.6. The number of hydrogen-bond acceptors (Lipinski definition) is 7. The molecule has 1 N–H and O–H groups in total. The fourth-order valence-electron chi connectivity index (χ4n) is 3.22. The minimum absolute atomic E-state index is 0.213. The van der Waals surface area contributed by atoms with Crippen LogP contribution in [0, 0.1) is 0 Å². The topological polar surface area (TPSA) is 102 Å². The Morgan fingerprint density at radius 1 is 1.15 bits per heavy atom. The number of rotatable bonds is 7. The van der Waals surface area contributed by atoms with Crippen LogP contribution in [0.5, 0.6) is 5.75 Å². The monoisotopic (exact) mass is 501 g/mol. The Kier molecular flexibility index (Phi) is 6.66. The molecule has 0 aliphatic carbocycles. The van der Waals surface area contributed by atoms with Crippen molar-refractivity contribution >= 4 is 50.4 Å². The summed E-state index contributed by atoms with van der Waals surface area (Å²) in [6.07, 6.45) is 3.51. The number of hydrogen-bond donors (Lipinski definition) is 1. The van der Waals surface area contributed by atoms with Crippen molar-refractivity contribution in [3.05, 3.63) is 71.3 Å². The molecule has 11 heteroatoms. The van der Waals surface area contributed by atoms with Crippen LogP contribution in [-0.4, -0.2) is 57.3 Å². The summed E-state index contributed by atoms with van der Waals surface area (Å²) in [6.45, 7) is -0.213. The van der Waals surface area contributed by atoms with Gasteiger partial charge in [-0.1, -0.05) is 42.2 Å². The number of aromatic nitrogens is 2. The maximum absolute atomic E-state index is 12.9. The van der Waals surface area contributed by atoms with Gasteiger partial charge in [0.2, 0.25) is 0 Å². The maximum Gasteiger partial charge on any atom is 0.266 e. The van der Waals surface area contributed by atoms with Crippen LogP contribution < -0.4 is 4.74 Å². The van der Waals surface area contributed by atoms with E-state index >= 15 is 0 Å². The van der Waals surface area contributed by atoms with E-state index in [4.69, 9.17) is 26.6 Å². The van der Waals surface area contributed by atoms with E-state index in [1.54, 1.807) is 17.9 Å². The number of carbonyl (C=O) groups excluding carboxylic acids is 1. The van der Waals surface area contributed by atoms with Crippen LogP contribution in [0.4, 0.5) is 0 Å². The number of amides is 1. The predicted octanol–water partition coefficient (Wildman–Crippen LogP) is 3.64. The average molecular weight is 502 g/mol. The summed E-state index contributed by atoms with van der Waals surface area (Å²) in [5.41, 5.74) is 3.04. The molecule has 4 rings (SSSR count). The van der Waals surface area contributed by atoms with E-state index in [0.717, 1.165) is 23.0 Å². The Morgan fingerprint density at radius 3 is 2.48 bits per heavy atom. The zero-order chi connectivity index (χ0) is 23.6. The molecule has 2 heterocycles. The number of ether oxygens (including phenoxy) is 1. The molecule has 3 aromatic rings. The summed E-state index contributed by atoms with van der Waals surface area (Å²) >= 11 is 6.33. The van der Waals surface area contributed by atoms with Crippen LogP contribution in [0.2, 0.25) is 0 Å². The number of thioether (sulfide) groups is 1. The molecule has 1 fully saturated rings. The molecule has 1 aromatic heterocycles. The molecule has 1 aliphatic rings. The highest BCUT2D eigenvalue weighted by molar-refractivity contribution is 8.26. The molecular weight excluding hydrogens is 482 g/mol. The molecule has 1 saturated heterocycles. The van der Waals surface area contributed by atoms with Gasteiger partial charge in [0.15, 0.2) is 0 Å². The van der Waals surface area contributed by atoms with E-state index in [9.17, 15) is 13.2 Å². The van der Waals surface area contributed by atoms with Crippen molar-refractivity contribution in [1.29, 1.82) is 0 Å². The van der Waals surface area contributed by atoms with E-state index in [2.05, 4.69) is 0 Å². The summed E-state index contributed by atoms with van der Waals surface area (Å²) < 4.78 is 38.4. The first-order valence-electron chi connectivity index (χ1n) is 9.75. The smallest absolute Gasteiger partial charge is 0.266 e. The fourth-order valence-corrected chi connectivity index (χ4v) is 4.93. The lowest BCUT2D eigenvalue weighted by molar-refractivity contribution is -0.121. The van der Waals surface area contributed by atoms with Crippen molar-refractivity contribution in [1.82, 2.24) is 14.7 Å². The number of benzene rings is 2. The van der Waals surface area contributed by atoms with Gasteiger partial charge >= 0.3 is 0 Å². The second-order valence-electron chi connectivity index (χ2n) is 7.06. The SMILES string of the molecule is COc1ccc(-c2nn(-c3ccccc3)cc2/C=C2\SC(=S)N(CCS(=O)(=O)O)C2=O)cc1. The minimum Gasteiger partial charge on any atom is -0.497 e. The molecule has 2 aromatic carbocycles. The molecule has 0 radical (unpaired) electrons. The molecule has 0 saturated carbocycles. The first kappa shape index (κ1) is 23.2. The molecule has 1 amide bonds. The van der Waals surface area contributed by atoms with Gasteiger partial charge in [-0.2, -0.15) is 13.5 Å². The summed E-state index contributed by atoms with van der Waals surface area (Å²) in [7, 11) is -2.62. The second kappa shape index (κ2) is 9.48. The van der Waals surface area contributed by atoms with Crippen molar-refractivity contribution in [2.75, 3.05) is 19.4 Å². The zero-order valence-electron chi connectivity index (χ0n) is 17.4. The largest absolute Gasteiger partial charge is 0.497 e. The van der Waals surface area contributed by atoms with E-state index in [1.807, 2.05) is 60.8 Å². The van der Waals surface area contributed by atoms with Gasteiger partial charge in [-0.25, -0.2) is 4.68 Å². The number of nitrogens with zero attached hydrogens (tertiary/aromatic N) is 3. The van der Waals surface area contributed by atoms with Crippen LogP contribution in [0.3, 0.4) is 0 Å². The van der Waals surface area contributed by atoms with Gasteiger partial charge in [-0.3, -0.25) is 14.2 Å². The average Bonchev–Trinajstić information content (AvgIpc) is 3.33. The standard InChI is InChI=1S/C22H19N3O5S3/c1-30-18-9-7-15(8-10-18)20-16(14-25(23-20)17-5-3-2-4-6-17)13-19-21(26)24(22(31)32-19)11-12-33(27,28)29/h2-10,13-14H,11-12H2,1H3,(H,27,28,29)/b19-13-. The maximum atomic E-state index is 12.9. The lowest BCUT2D eigenvalue weighted by Crippen LogP contribution is -2.32. The van der Waals surface area contributed by atoms with Crippen LogP contribution in [0.1, 0.15) is 5.56 Å². The molecule has 0 unspecified atom stereocenters. The minimum atomic E-state index is -4.22. The van der Waals surface area contributed by atoms with Gasteiger partial charge in [-0.05, 0) is 42.5 Å². The molecule has 0 atom stereocenters. The zero-order valence-corrected chi connectivity index (χ0v) is 19.9. The van der Waals surface area contributed by atoms with Gasteiger partial charge in [0.05, 0.1) is 29.1 Å². The number of methoxy groups -OCH3 is 1. The summed E-state index contributed by atoms with van der Waals surface area (Å²) in [5, 5.41) is 4.73. The predicted molar refractivity (Wildman–Crippen MR) is 132 cm³/mol. The van der Waals surface area contributed by atoms with Crippen molar-refractivity contribution in [2.24, 2.45) is 0 Å².